The van der Waals surface area contributed by atoms with Crippen LogP contribution in [-0.2, 0) is 0 Å². The van der Waals surface area contributed by atoms with E-state index < -0.39 is 0 Å². The van der Waals surface area contributed by atoms with Crippen molar-refractivity contribution in [1.29, 1.82) is 0 Å². The fourth-order valence-corrected chi connectivity index (χ4v) is 1.99. The zero-order chi connectivity index (χ0) is 15.0. The van der Waals surface area contributed by atoms with Crippen LogP contribution in [0.4, 0.5) is 0 Å². The predicted molar refractivity (Wildman–Crippen MR) is 82.2 cm³/mol. The summed E-state index contributed by atoms with van der Waals surface area (Å²) >= 11 is 0. The molecule has 2 aromatic rings. The standard InChI is InChI=1S/C13H17N7O.ClH/c1-7(14)12-18-11(8-3-4-8)19-20(12)10-6-16-9(5-17-10)13(21)15-2;/h5-8H,3-4,14H2,1-2H3,(H,15,21);1H/t7-;/m0./s1. The Balaban J connectivity index is 0.00000176. The van der Waals surface area contributed by atoms with E-state index in [-0.39, 0.29) is 30.0 Å². The highest BCUT2D eigenvalue weighted by Crippen LogP contribution is 2.38. The van der Waals surface area contributed by atoms with E-state index in [9.17, 15) is 4.79 Å². The Bertz CT molecular complexity index is 664. The number of nitrogens with zero attached hydrogens (tertiary/aromatic N) is 5. The molecule has 0 spiro atoms. The number of carbonyl (C=O) groups excluding carboxylic acids is 1. The lowest BCUT2D eigenvalue weighted by molar-refractivity contribution is 0.0957. The molecule has 1 fully saturated rings. The number of halogens is 1. The summed E-state index contributed by atoms with van der Waals surface area (Å²) in [6.07, 6.45) is 5.15. The second kappa shape index (κ2) is 6.37. The lowest BCUT2D eigenvalue weighted by atomic mass is 10.3. The largest absolute Gasteiger partial charge is 0.354 e. The molecule has 0 unspecified atom stereocenters. The average Bonchev–Trinajstić information content (AvgIpc) is 3.25. The van der Waals surface area contributed by atoms with Crippen molar-refractivity contribution in [1.82, 2.24) is 30.0 Å². The van der Waals surface area contributed by atoms with Gasteiger partial charge in [-0.1, -0.05) is 0 Å². The molecular formula is C13H18ClN7O. The molecule has 1 saturated carbocycles. The molecule has 0 aliphatic heterocycles. The van der Waals surface area contributed by atoms with E-state index in [2.05, 4.69) is 25.4 Å². The molecule has 1 amide bonds. The van der Waals surface area contributed by atoms with Gasteiger partial charge in [-0.3, -0.25) is 4.79 Å². The van der Waals surface area contributed by atoms with Crippen LogP contribution in [0.2, 0.25) is 0 Å². The van der Waals surface area contributed by atoms with E-state index in [1.807, 2.05) is 6.92 Å². The lowest BCUT2D eigenvalue weighted by Crippen LogP contribution is -2.20. The van der Waals surface area contributed by atoms with Crippen molar-refractivity contribution in [3.63, 3.8) is 0 Å². The first-order valence-corrected chi connectivity index (χ1v) is 6.87. The van der Waals surface area contributed by atoms with Crippen molar-refractivity contribution >= 4 is 18.3 Å². The van der Waals surface area contributed by atoms with Gasteiger partial charge in [0.2, 0.25) is 0 Å². The lowest BCUT2D eigenvalue weighted by Gasteiger charge is -2.07. The number of rotatable bonds is 4. The number of nitrogens with two attached hydrogens (primary N) is 1. The highest BCUT2D eigenvalue weighted by molar-refractivity contribution is 5.91. The number of amides is 1. The monoisotopic (exact) mass is 323 g/mol. The molecule has 8 nitrogen and oxygen atoms in total. The van der Waals surface area contributed by atoms with E-state index >= 15 is 0 Å². The third-order valence-electron chi connectivity index (χ3n) is 3.31. The summed E-state index contributed by atoms with van der Waals surface area (Å²) in [5.74, 6) is 2.12. The van der Waals surface area contributed by atoms with E-state index in [1.54, 1.807) is 11.7 Å². The molecule has 1 aliphatic rings. The summed E-state index contributed by atoms with van der Waals surface area (Å²) < 4.78 is 1.61. The predicted octanol–water partition coefficient (Wildman–Crippen LogP) is 0.736. The van der Waals surface area contributed by atoms with Gasteiger partial charge in [0.1, 0.15) is 5.69 Å². The third kappa shape index (κ3) is 3.07. The molecule has 0 saturated heterocycles. The Morgan fingerprint density at radius 3 is 2.64 bits per heavy atom. The number of aromatic nitrogens is 5. The van der Waals surface area contributed by atoms with Crippen molar-refractivity contribution in [2.75, 3.05) is 7.05 Å². The molecule has 2 aromatic heterocycles. The molecule has 0 radical (unpaired) electrons. The number of hydrogen-bond donors (Lipinski definition) is 2. The zero-order valence-electron chi connectivity index (χ0n) is 12.4. The maximum Gasteiger partial charge on any atom is 0.271 e. The van der Waals surface area contributed by atoms with E-state index in [4.69, 9.17) is 5.73 Å². The minimum atomic E-state index is -0.279. The second-order valence-corrected chi connectivity index (χ2v) is 5.14. The molecule has 2 heterocycles. The maximum absolute atomic E-state index is 11.5. The van der Waals surface area contributed by atoms with Crippen LogP contribution in [0.3, 0.4) is 0 Å². The average molecular weight is 324 g/mol. The molecule has 118 valence electrons. The Morgan fingerprint density at radius 2 is 2.14 bits per heavy atom. The smallest absolute Gasteiger partial charge is 0.271 e. The van der Waals surface area contributed by atoms with Crippen molar-refractivity contribution in [2.45, 2.75) is 31.7 Å². The summed E-state index contributed by atoms with van der Waals surface area (Å²) in [7, 11) is 1.55. The van der Waals surface area contributed by atoms with Gasteiger partial charge in [-0.15, -0.1) is 17.5 Å². The van der Waals surface area contributed by atoms with Crippen LogP contribution >= 0.6 is 12.4 Å². The van der Waals surface area contributed by atoms with E-state index in [0.717, 1.165) is 18.7 Å². The van der Waals surface area contributed by atoms with Gasteiger partial charge in [-0.2, -0.15) is 4.68 Å². The van der Waals surface area contributed by atoms with Gasteiger partial charge in [0.05, 0.1) is 18.4 Å². The summed E-state index contributed by atoms with van der Waals surface area (Å²) in [5.41, 5.74) is 6.21. The number of carbonyl (C=O) groups is 1. The van der Waals surface area contributed by atoms with Gasteiger partial charge in [0, 0.05) is 13.0 Å². The zero-order valence-corrected chi connectivity index (χ0v) is 13.2. The van der Waals surface area contributed by atoms with Crippen LogP contribution in [0.15, 0.2) is 12.4 Å². The first kappa shape index (κ1) is 16.3. The molecule has 1 atom stereocenters. The highest BCUT2D eigenvalue weighted by atomic mass is 35.5. The fraction of sp³-hybridized carbons (Fsp3) is 0.462. The summed E-state index contributed by atoms with van der Waals surface area (Å²) in [4.78, 5) is 24.3. The summed E-state index contributed by atoms with van der Waals surface area (Å²) in [6.45, 7) is 1.85. The first-order valence-electron chi connectivity index (χ1n) is 6.87. The Labute approximate surface area is 134 Å². The first-order chi connectivity index (χ1) is 10.1. The van der Waals surface area contributed by atoms with E-state index in [0.29, 0.717) is 17.6 Å². The minimum absolute atomic E-state index is 0. The molecular weight excluding hydrogens is 306 g/mol. The van der Waals surface area contributed by atoms with Crippen LogP contribution in [0.5, 0.6) is 0 Å². The molecule has 0 bridgehead atoms. The summed E-state index contributed by atoms with van der Waals surface area (Å²) in [6, 6.07) is -0.259. The fourth-order valence-electron chi connectivity index (χ4n) is 1.99. The van der Waals surface area contributed by atoms with Crippen LogP contribution in [-0.4, -0.2) is 37.7 Å². The van der Waals surface area contributed by atoms with Gasteiger partial charge in [-0.05, 0) is 19.8 Å². The quantitative estimate of drug-likeness (QED) is 0.858. The van der Waals surface area contributed by atoms with Gasteiger partial charge >= 0.3 is 0 Å². The van der Waals surface area contributed by atoms with Crippen molar-refractivity contribution < 1.29 is 4.79 Å². The Kier molecular flexibility index (Phi) is 4.72. The van der Waals surface area contributed by atoms with Crippen LogP contribution < -0.4 is 11.1 Å². The molecule has 3 rings (SSSR count). The highest BCUT2D eigenvalue weighted by Gasteiger charge is 2.30. The van der Waals surface area contributed by atoms with Crippen molar-refractivity contribution in [2.24, 2.45) is 5.73 Å². The minimum Gasteiger partial charge on any atom is -0.354 e. The SMILES string of the molecule is CNC(=O)c1cnc(-n2nc(C3CC3)nc2[C@H](C)N)cn1.Cl. The maximum atomic E-state index is 11.5. The van der Waals surface area contributed by atoms with Gasteiger partial charge in [-0.25, -0.2) is 15.0 Å². The molecule has 9 heteroatoms. The van der Waals surface area contributed by atoms with Gasteiger partial charge in [0.25, 0.3) is 5.91 Å². The second-order valence-electron chi connectivity index (χ2n) is 5.14. The molecule has 3 N–H and O–H groups in total. The van der Waals surface area contributed by atoms with Gasteiger partial charge < -0.3 is 11.1 Å². The Hall–Kier alpha value is -2.06. The van der Waals surface area contributed by atoms with E-state index in [1.165, 1.54) is 12.4 Å². The van der Waals surface area contributed by atoms with Crippen molar-refractivity contribution in [3.8, 4) is 5.82 Å². The van der Waals surface area contributed by atoms with Crippen LogP contribution in [0.25, 0.3) is 5.82 Å². The van der Waals surface area contributed by atoms with Gasteiger partial charge in [0.15, 0.2) is 17.5 Å². The number of hydrogen-bond acceptors (Lipinski definition) is 6. The topological polar surface area (TPSA) is 112 Å². The molecule has 1 aliphatic carbocycles. The third-order valence-corrected chi connectivity index (χ3v) is 3.31. The normalized spacial score (nSPS) is 15.0. The molecule has 22 heavy (non-hydrogen) atoms. The Morgan fingerprint density at radius 1 is 1.41 bits per heavy atom. The van der Waals surface area contributed by atoms with Crippen LogP contribution in [0.1, 0.15) is 53.9 Å². The summed E-state index contributed by atoms with van der Waals surface area (Å²) in [5, 5.41) is 6.98. The number of nitrogens with one attached hydrogen (secondary N) is 1. The van der Waals surface area contributed by atoms with Crippen LogP contribution in [0, 0.1) is 0 Å². The molecule has 0 aromatic carbocycles. The van der Waals surface area contributed by atoms with Crippen molar-refractivity contribution in [3.05, 3.63) is 29.7 Å².